The van der Waals surface area contributed by atoms with Gasteiger partial charge in [0.15, 0.2) is 0 Å². The van der Waals surface area contributed by atoms with Crippen LogP contribution < -0.4 is 25.8 Å². The van der Waals surface area contributed by atoms with E-state index in [1.165, 1.54) is 6.07 Å². The van der Waals surface area contributed by atoms with E-state index < -0.39 is 42.5 Å². The topological polar surface area (TPSA) is 213 Å². The average Bonchev–Trinajstić information content (AvgIpc) is 3.62. The third-order valence-electron chi connectivity index (χ3n) is 4.86. The predicted molar refractivity (Wildman–Crippen MR) is 126 cm³/mol. The molecule has 22 heteroatoms. The maximum absolute atomic E-state index is 14.4. The molecule has 4 N–H and O–H groups in total. The van der Waals surface area contributed by atoms with Gasteiger partial charge < -0.3 is 45.2 Å². The number of aromatic nitrogens is 4. The molecule has 46 heavy (non-hydrogen) atoms. The third-order valence-corrected chi connectivity index (χ3v) is 4.86. The lowest BCUT2D eigenvalue weighted by atomic mass is 10.1. The molecule has 4 rings (SSSR count). The molecular formula is C24H16F10N5O7-3. The number of halogens is 10. The number of H-pyrrole nitrogens is 2. The number of fused-ring (bicyclic) bond motifs is 1. The van der Waals surface area contributed by atoms with Crippen LogP contribution in [0.4, 0.5) is 43.9 Å². The molecule has 0 radical (unpaired) electrons. The quantitative estimate of drug-likeness (QED) is 0.261. The first-order valence-electron chi connectivity index (χ1n) is 11.4. The van der Waals surface area contributed by atoms with Gasteiger partial charge in [-0.1, -0.05) is 12.1 Å². The lowest BCUT2D eigenvalue weighted by Crippen LogP contribution is -2.37. The van der Waals surface area contributed by atoms with Gasteiger partial charge in [-0.3, -0.25) is 5.10 Å². The lowest BCUT2D eigenvalue weighted by molar-refractivity contribution is -0.344. The third kappa shape index (κ3) is 11.9. The first-order chi connectivity index (χ1) is 21.0. The molecular weight excluding hydrogens is 660 g/mol. The van der Waals surface area contributed by atoms with E-state index in [-0.39, 0.29) is 5.82 Å². The van der Waals surface area contributed by atoms with Gasteiger partial charge in [0.25, 0.3) is 0 Å². The number of aliphatic carboxylic acids is 3. The van der Waals surface area contributed by atoms with Crippen LogP contribution in [0, 0.1) is 5.82 Å². The minimum atomic E-state index is -5.19. The second-order valence-electron chi connectivity index (χ2n) is 8.06. The normalized spacial score (nSPS) is 11.9. The zero-order valence-corrected chi connectivity index (χ0v) is 22.3. The number of carboxylic acid groups (broad SMARTS) is 3. The molecule has 0 aliphatic rings. The van der Waals surface area contributed by atoms with E-state index in [0.29, 0.717) is 28.0 Å². The van der Waals surface area contributed by atoms with Gasteiger partial charge in [0, 0.05) is 23.4 Å². The molecule has 1 unspecified atom stereocenters. The predicted octanol–water partition coefficient (Wildman–Crippen LogP) is 1.04. The van der Waals surface area contributed by atoms with Crippen molar-refractivity contribution in [2.45, 2.75) is 24.6 Å². The summed E-state index contributed by atoms with van der Waals surface area (Å²) < 4.78 is 114. The minimum Gasteiger partial charge on any atom is -0.542 e. The molecule has 0 spiro atoms. The molecule has 12 nitrogen and oxygen atoms in total. The fourth-order valence-electron chi connectivity index (χ4n) is 2.79. The number of aromatic amines is 2. The summed E-state index contributed by atoms with van der Waals surface area (Å²) in [7, 11) is 1.61. The Kier molecular flexibility index (Phi) is 13.0. The molecule has 0 saturated carbocycles. The number of hydrogen-bond acceptors (Lipinski definition) is 10. The maximum Gasteiger partial charge on any atom is 0.430 e. The maximum atomic E-state index is 14.4. The highest BCUT2D eigenvalue weighted by molar-refractivity contribution is 5.82. The summed E-state index contributed by atoms with van der Waals surface area (Å²) >= 11 is 0. The van der Waals surface area contributed by atoms with E-state index in [0.717, 1.165) is 11.3 Å². The van der Waals surface area contributed by atoms with Gasteiger partial charge in [-0.05, 0) is 23.8 Å². The lowest BCUT2D eigenvalue weighted by Gasteiger charge is -2.09. The number of nitrogens with two attached hydrogens (primary N) is 1. The molecule has 1 atom stereocenters. The van der Waals surface area contributed by atoms with Crippen LogP contribution in [0.2, 0.25) is 0 Å². The van der Waals surface area contributed by atoms with Crippen LogP contribution >= 0.6 is 0 Å². The number of nitrogens with one attached hydrogen (secondary N) is 2. The molecule has 2 heterocycles. The highest BCUT2D eigenvalue weighted by Crippen LogP contribution is 2.28. The van der Waals surface area contributed by atoms with Crippen LogP contribution in [-0.2, 0) is 14.4 Å². The standard InChI is InChI=1S/C18H16FN5O.3C2HF3O2/c1-25-12-4-2-10(3-5-12)17(20)18-23-15-6-13(11-8-21-22-9-11)14(19)7-16(15)24-18;3*3-2(4,5)1(6)7/h2-9,17H,20H2,1H3,(H,21,22)(H,23,24);3*(H,6,7)/p-3. The van der Waals surface area contributed by atoms with E-state index in [9.17, 15) is 43.9 Å². The van der Waals surface area contributed by atoms with E-state index in [4.69, 9.17) is 40.2 Å². The minimum absolute atomic E-state index is 0.345. The average molecular weight is 676 g/mol. The van der Waals surface area contributed by atoms with Crippen molar-refractivity contribution in [1.82, 2.24) is 20.2 Å². The Labute approximate surface area is 248 Å². The number of ether oxygens (including phenoxy) is 1. The summed E-state index contributed by atoms with van der Waals surface area (Å²) in [6, 6.07) is 10.1. The highest BCUT2D eigenvalue weighted by Gasteiger charge is 2.30. The van der Waals surface area contributed by atoms with Crippen molar-refractivity contribution < 1.29 is 78.3 Å². The Hall–Kier alpha value is -5.41. The number of hydrogen-bond donors (Lipinski definition) is 3. The Morgan fingerprint density at radius 2 is 1.30 bits per heavy atom. The van der Waals surface area contributed by atoms with Crippen molar-refractivity contribution >= 4 is 28.9 Å². The molecule has 0 saturated heterocycles. The first kappa shape index (κ1) is 38.6. The van der Waals surface area contributed by atoms with Crippen LogP contribution in [0.3, 0.4) is 0 Å². The van der Waals surface area contributed by atoms with Crippen LogP contribution in [0.25, 0.3) is 22.2 Å². The molecule has 2 aromatic heterocycles. The summed E-state index contributed by atoms with van der Waals surface area (Å²) in [5, 5.41) is 32.9. The van der Waals surface area contributed by atoms with E-state index in [2.05, 4.69) is 20.2 Å². The second-order valence-corrected chi connectivity index (χ2v) is 8.06. The zero-order chi connectivity index (χ0) is 35.6. The first-order valence-corrected chi connectivity index (χ1v) is 11.4. The number of carbonyl (C=O) groups excluding carboxylic acids is 3. The Balaban J connectivity index is 0.000000413. The van der Waals surface area contributed by atoms with Crippen LogP contribution in [0.1, 0.15) is 17.4 Å². The zero-order valence-electron chi connectivity index (χ0n) is 22.3. The van der Waals surface area contributed by atoms with Gasteiger partial charge >= 0.3 is 18.5 Å². The monoisotopic (exact) mass is 676 g/mol. The second kappa shape index (κ2) is 15.5. The number of rotatable bonds is 4. The smallest absolute Gasteiger partial charge is 0.430 e. The SMILES string of the molecule is COc1ccc(C(N)c2nc3cc(-c4cn[nH]c4)c(F)cc3[nH]2)cc1.O=C([O-])C(F)(F)F.O=C([O-])C(F)(F)F.O=C([O-])C(F)(F)F. The molecule has 0 bridgehead atoms. The molecule has 2 aromatic carbocycles. The summed E-state index contributed by atoms with van der Waals surface area (Å²) in [5.74, 6) is -8.04. The van der Waals surface area contributed by atoms with Crippen molar-refractivity contribution in [3.05, 3.63) is 66.0 Å². The number of methoxy groups -OCH3 is 1. The Morgan fingerprint density at radius 1 is 0.848 bits per heavy atom. The van der Waals surface area contributed by atoms with E-state index in [1.54, 1.807) is 25.6 Å². The number of nitrogens with zero attached hydrogens (tertiary/aromatic N) is 2. The van der Waals surface area contributed by atoms with E-state index >= 15 is 0 Å². The Bertz CT molecular complexity index is 1540. The van der Waals surface area contributed by atoms with Gasteiger partial charge in [-0.15, -0.1) is 0 Å². The highest BCUT2D eigenvalue weighted by atomic mass is 19.4. The molecule has 0 aliphatic heterocycles. The van der Waals surface area contributed by atoms with Crippen molar-refractivity contribution in [2.24, 2.45) is 5.73 Å². The van der Waals surface area contributed by atoms with Crippen LogP contribution in [0.15, 0.2) is 48.8 Å². The number of carbonyl (C=O) groups is 3. The number of imidazole rings is 1. The summed E-state index contributed by atoms with van der Waals surface area (Å²) in [4.78, 5) is 34.0. The van der Waals surface area contributed by atoms with Crippen molar-refractivity contribution in [1.29, 1.82) is 0 Å². The number of alkyl halides is 9. The van der Waals surface area contributed by atoms with Gasteiger partial charge in [0.2, 0.25) is 0 Å². The van der Waals surface area contributed by atoms with Gasteiger partial charge in [-0.25, -0.2) is 9.37 Å². The van der Waals surface area contributed by atoms with E-state index in [1.807, 2.05) is 24.3 Å². The fraction of sp³-hybridized carbons (Fsp3) is 0.208. The summed E-state index contributed by atoms with van der Waals surface area (Å²) in [6.07, 6.45) is -12.4. The largest absolute Gasteiger partial charge is 0.542 e. The molecule has 0 amide bonds. The summed E-state index contributed by atoms with van der Waals surface area (Å²) in [6.45, 7) is 0. The number of carboxylic acids is 3. The molecule has 0 fully saturated rings. The molecule has 4 aromatic rings. The van der Waals surface area contributed by atoms with Crippen LogP contribution in [0.5, 0.6) is 5.75 Å². The Morgan fingerprint density at radius 3 is 1.67 bits per heavy atom. The van der Waals surface area contributed by atoms with Crippen molar-refractivity contribution in [3.8, 4) is 16.9 Å². The number of benzene rings is 2. The van der Waals surface area contributed by atoms with Crippen molar-refractivity contribution in [3.63, 3.8) is 0 Å². The fourth-order valence-corrected chi connectivity index (χ4v) is 2.79. The molecule has 0 aliphatic carbocycles. The van der Waals surface area contributed by atoms with Crippen LogP contribution in [-0.4, -0.2) is 63.7 Å². The van der Waals surface area contributed by atoms with Gasteiger partial charge in [0.1, 0.15) is 35.3 Å². The van der Waals surface area contributed by atoms with Gasteiger partial charge in [-0.2, -0.15) is 44.6 Å². The summed E-state index contributed by atoms with van der Waals surface area (Å²) in [5.41, 5.74) is 9.55. The van der Waals surface area contributed by atoms with Gasteiger partial charge in [0.05, 0.1) is 30.4 Å². The molecule has 252 valence electrons. The van der Waals surface area contributed by atoms with Crippen molar-refractivity contribution in [2.75, 3.05) is 7.11 Å².